The Bertz CT molecular complexity index is 548. The molecule has 6 nitrogen and oxygen atoms in total. The molecule has 0 saturated heterocycles. The van der Waals surface area contributed by atoms with Crippen molar-refractivity contribution in [2.75, 3.05) is 5.32 Å². The molecule has 1 amide bonds. The number of tetrazole rings is 1. The van der Waals surface area contributed by atoms with E-state index in [2.05, 4.69) is 27.3 Å². The number of amides is 1. The van der Waals surface area contributed by atoms with E-state index in [1.165, 1.54) is 6.20 Å². The van der Waals surface area contributed by atoms with Gasteiger partial charge in [0.25, 0.3) is 11.9 Å². The van der Waals surface area contributed by atoms with E-state index in [4.69, 9.17) is 11.6 Å². The van der Waals surface area contributed by atoms with E-state index in [-0.39, 0.29) is 11.9 Å². The van der Waals surface area contributed by atoms with Gasteiger partial charge in [-0.1, -0.05) is 23.3 Å². The van der Waals surface area contributed by atoms with Gasteiger partial charge in [0.15, 0.2) is 0 Å². The quantitative estimate of drug-likeness (QED) is 0.898. The summed E-state index contributed by atoms with van der Waals surface area (Å²) >= 11 is 5.72. The van der Waals surface area contributed by atoms with Crippen molar-refractivity contribution in [1.82, 2.24) is 20.2 Å². The van der Waals surface area contributed by atoms with E-state index in [9.17, 15) is 4.79 Å². The van der Waals surface area contributed by atoms with Crippen LogP contribution in [0.5, 0.6) is 0 Å². The van der Waals surface area contributed by atoms with Crippen LogP contribution in [0.2, 0.25) is 5.02 Å². The number of hydrogen-bond donors (Lipinski definition) is 1. The Hall–Kier alpha value is -2.21. The first kappa shape index (κ1) is 11.3. The molecule has 0 radical (unpaired) electrons. The van der Waals surface area contributed by atoms with Gasteiger partial charge in [0, 0.05) is 16.8 Å². The molecule has 0 unspecified atom stereocenters. The van der Waals surface area contributed by atoms with Gasteiger partial charge in [0.1, 0.15) is 0 Å². The van der Waals surface area contributed by atoms with Crippen molar-refractivity contribution in [3.8, 4) is 0 Å². The van der Waals surface area contributed by atoms with Crippen molar-refractivity contribution in [2.24, 2.45) is 0 Å². The number of nitrogens with zero attached hydrogens (tertiary/aromatic N) is 4. The van der Waals surface area contributed by atoms with Gasteiger partial charge >= 0.3 is 0 Å². The zero-order chi connectivity index (χ0) is 12.3. The predicted octanol–water partition coefficient (Wildman–Crippen LogP) is 1.68. The highest BCUT2D eigenvalue weighted by Gasteiger charge is 2.08. The normalized spacial score (nSPS) is 9.94. The number of aromatic nitrogens is 4. The van der Waals surface area contributed by atoms with Crippen LogP contribution >= 0.6 is 11.6 Å². The van der Waals surface area contributed by atoms with Crippen molar-refractivity contribution in [3.05, 3.63) is 41.4 Å². The third-order valence-electron chi connectivity index (χ3n) is 1.92. The van der Waals surface area contributed by atoms with Gasteiger partial charge in [-0.2, -0.15) is 0 Å². The minimum atomic E-state index is -0.328. The lowest BCUT2D eigenvalue weighted by atomic mass is 10.2. The molecule has 0 bridgehead atoms. The Kier molecular flexibility index (Phi) is 3.15. The van der Waals surface area contributed by atoms with Crippen LogP contribution in [0.15, 0.2) is 30.8 Å². The fourth-order valence-electron chi connectivity index (χ4n) is 1.13. The number of anilines is 1. The van der Waals surface area contributed by atoms with E-state index in [1.54, 1.807) is 24.3 Å². The highest BCUT2D eigenvalue weighted by molar-refractivity contribution is 6.30. The second-order valence-electron chi connectivity index (χ2n) is 3.08. The van der Waals surface area contributed by atoms with Crippen LogP contribution in [0.4, 0.5) is 5.95 Å². The lowest BCUT2D eigenvalue weighted by Gasteiger charge is -1.99. The first-order chi connectivity index (χ1) is 8.19. The number of halogens is 1. The minimum Gasteiger partial charge on any atom is -0.288 e. The Morgan fingerprint density at radius 1 is 1.41 bits per heavy atom. The first-order valence-electron chi connectivity index (χ1n) is 4.68. The number of nitrogens with one attached hydrogen (secondary N) is 1. The molecule has 2 aromatic rings. The molecule has 0 saturated carbocycles. The molecule has 0 fully saturated rings. The van der Waals surface area contributed by atoms with Crippen molar-refractivity contribution in [2.45, 2.75) is 0 Å². The van der Waals surface area contributed by atoms with Crippen LogP contribution in [0, 0.1) is 0 Å². The molecule has 86 valence electrons. The molecule has 0 aliphatic rings. The number of hydrogen-bond acceptors (Lipinski definition) is 4. The van der Waals surface area contributed by atoms with Crippen LogP contribution < -0.4 is 5.32 Å². The zero-order valence-electron chi connectivity index (χ0n) is 8.67. The fourth-order valence-corrected chi connectivity index (χ4v) is 1.25. The maximum atomic E-state index is 11.7. The van der Waals surface area contributed by atoms with E-state index in [1.807, 2.05) is 0 Å². The summed E-state index contributed by atoms with van der Waals surface area (Å²) < 4.78 is 0. The summed E-state index contributed by atoms with van der Waals surface area (Å²) in [5.74, 6) is -0.213. The molecule has 1 aromatic heterocycles. The topological polar surface area (TPSA) is 72.7 Å². The zero-order valence-corrected chi connectivity index (χ0v) is 9.42. The summed E-state index contributed by atoms with van der Waals surface area (Å²) in [5, 5.41) is 14.1. The summed E-state index contributed by atoms with van der Waals surface area (Å²) in [6.45, 7) is 3.46. The number of carbonyl (C=O) groups is 1. The molecular formula is C10H8ClN5O. The van der Waals surface area contributed by atoms with Crippen molar-refractivity contribution < 1.29 is 4.79 Å². The van der Waals surface area contributed by atoms with E-state index in [0.29, 0.717) is 10.6 Å². The van der Waals surface area contributed by atoms with Gasteiger partial charge in [0.05, 0.1) is 0 Å². The lowest BCUT2D eigenvalue weighted by molar-refractivity contribution is 0.102. The highest BCUT2D eigenvalue weighted by Crippen LogP contribution is 2.10. The van der Waals surface area contributed by atoms with Crippen LogP contribution in [0.25, 0.3) is 6.20 Å². The lowest BCUT2D eigenvalue weighted by Crippen LogP contribution is -2.13. The minimum absolute atomic E-state index is 0.116. The smallest absolute Gasteiger partial charge is 0.270 e. The maximum absolute atomic E-state index is 11.7. The van der Waals surface area contributed by atoms with Gasteiger partial charge in [-0.15, -0.1) is 9.90 Å². The SMILES string of the molecule is C=Cn1nnc(NC(=O)c2ccc(Cl)cc2)n1. The number of carbonyl (C=O) groups excluding carboxylic acids is 1. The molecule has 0 aliphatic heterocycles. The predicted molar refractivity (Wildman–Crippen MR) is 63.6 cm³/mol. The average molecular weight is 250 g/mol. The molecule has 2 rings (SSSR count). The van der Waals surface area contributed by atoms with Gasteiger partial charge in [-0.25, -0.2) is 0 Å². The monoisotopic (exact) mass is 249 g/mol. The molecule has 0 atom stereocenters. The average Bonchev–Trinajstić information content (AvgIpc) is 2.77. The van der Waals surface area contributed by atoms with E-state index in [0.717, 1.165) is 4.80 Å². The summed E-state index contributed by atoms with van der Waals surface area (Å²) in [5.41, 5.74) is 0.462. The third kappa shape index (κ3) is 2.67. The molecule has 7 heteroatoms. The Balaban J connectivity index is 2.11. The van der Waals surface area contributed by atoms with E-state index >= 15 is 0 Å². The van der Waals surface area contributed by atoms with Gasteiger partial charge in [0.2, 0.25) is 0 Å². The van der Waals surface area contributed by atoms with Crippen LogP contribution in [-0.2, 0) is 0 Å². The Morgan fingerprint density at radius 3 is 2.71 bits per heavy atom. The molecule has 1 N–H and O–H groups in total. The standard InChI is InChI=1S/C10H8ClN5O/c1-2-16-14-10(13-15-16)12-9(17)7-3-5-8(11)6-4-7/h2-6H,1H2,(H,12,14,17). The van der Waals surface area contributed by atoms with Crippen molar-refractivity contribution in [1.29, 1.82) is 0 Å². The van der Waals surface area contributed by atoms with Crippen molar-refractivity contribution >= 4 is 29.7 Å². The molecule has 1 aromatic carbocycles. The fraction of sp³-hybridized carbons (Fsp3) is 0. The second kappa shape index (κ2) is 4.75. The Morgan fingerprint density at radius 2 is 2.12 bits per heavy atom. The van der Waals surface area contributed by atoms with Gasteiger partial charge in [-0.05, 0) is 29.5 Å². The largest absolute Gasteiger partial charge is 0.288 e. The molecule has 1 heterocycles. The maximum Gasteiger partial charge on any atom is 0.270 e. The molecule has 17 heavy (non-hydrogen) atoms. The highest BCUT2D eigenvalue weighted by atomic mass is 35.5. The molecular weight excluding hydrogens is 242 g/mol. The second-order valence-corrected chi connectivity index (χ2v) is 3.51. The van der Waals surface area contributed by atoms with Gasteiger partial charge in [-0.3, -0.25) is 10.1 Å². The first-order valence-corrected chi connectivity index (χ1v) is 5.06. The van der Waals surface area contributed by atoms with E-state index < -0.39 is 0 Å². The number of benzene rings is 1. The molecule has 0 spiro atoms. The number of rotatable bonds is 3. The summed E-state index contributed by atoms with van der Waals surface area (Å²) in [6.07, 6.45) is 1.37. The van der Waals surface area contributed by atoms with Gasteiger partial charge < -0.3 is 0 Å². The van der Waals surface area contributed by atoms with Crippen LogP contribution in [-0.4, -0.2) is 26.1 Å². The summed E-state index contributed by atoms with van der Waals surface area (Å²) in [4.78, 5) is 12.9. The van der Waals surface area contributed by atoms with Crippen LogP contribution in [0.3, 0.4) is 0 Å². The Labute approximate surface area is 102 Å². The third-order valence-corrected chi connectivity index (χ3v) is 2.18. The molecule has 0 aliphatic carbocycles. The summed E-state index contributed by atoms with van der Waals surface area (Å²) in [6, 6.07) is 6.47. The summed E-state index contributed by atoms with van der Waals surface area (Å²) in [7, 11) is 0. The van der Waals surface area contributed by atoms with Crippen molar-refractivity contribution in [3.63, 3.8) is 0 Å². The van der Waals surface area contributed by atoms with Crippen LogP contribution in [0.1, 0.15) is 10.4 Å².